The van der Waals surface area contributed by atoms with Crippen molar-refractivity contribution in [2.45, 2.75) is 51.4 Å². The Hall–Kier alpha value is -1.65. The molecule has 5 heteroatoms. The molecule has 0 unspecified atom stereocenters. The molecule has 0 aliphatic heterocycles. The van der Waals surface area contributed by atoms with Crippen LogP contribution >= 0.6 is 0 Å². The number of carbonyl (C=O) groups excluding carboxylic acids is 1. The third kappa shape index (κ3) is 6.55. The van der Waals surface area contributed by atoms with E-state index in [-0.39, 0.29) is 24.7 Å². The van der Waals surface area contributed by atoms with Crippen molar-refractivity contribution in [3.63, 3.8) is 0 Å². The molecule has 0 spiro atoms. The fourth-order valence-corrected chi connectivity index (χ4v) is 2.85. The number of nitrogens with one attached hydrogen (secondary N) is 1. The van der Waals surface area contributed by atoms with Gasteiger partial charge in [-0.15, -0.1) is 0 Å². The van der Waals surface area contributed by atoms with Crippen LogP contribution in [0.1, 0.15) is 44.1 Å². The van der Waals surface area contributed by atoms with E-state index in [1.807, 2.05) is 31.2 Å². The van der Waals surface area contributed by atoms with E-state index in [0.29, 0.717) is 32.4 Å². The SMILES string of the molecule is Cc1ccc(OCCCC(=O)NC[C@@H]2CCCC(F)(F)C2)cc1. The summed E-state index contributed by atoms with van der Waals surface area (Å²) in [5.74, 6) is -1.96. The molecule has 1 atom stereocenters. The Bertz CT molecular complexity index is 502. The van der Waals surface area contributed by atoms with Crippen LogP contribution in [0.2, 0.25) is 0 Å². The minimum atomic E-state index is -2.56. The molecule has 0 bridgehead atoms. The summed E-state index contributed by atoms with van der Waals surface area (Å²) in [6, 6.07) is 7.75. The fourth-order valence-electron chi connectivity index (χ4n) is 2.85. The van der Waals surface area contributed by atoms with Gasteiger partial charge in [0.05, 0.1) is 6.61 Å². The van der Waals surface area contributed by atoms with Gasteiger partial charge in [-0.3, -0.25) is 4.79 Å². The predicted molar refractivity (Wildman–Crippen MR) is 85.8 cm³/mol. The van der Waals surface area contributed by atoms with Gasteiger partial charge in [0.1, 0.15) is 5.75 Å². The van der Waals surface area contributed by atoms with Crippen molar-refractivity contribution in [2.24, 2.45) is 5.92 Å². The molecule has 0 saturated heterocycles. The summed E-state index contributed by atoms with van der Waals surface area (Å²) in [4.78, 5) is 11.7. The zero-order chi connectivity index (χ0) is 16.7. The molecule has 1 aromatic carbocycles. The summed E-state index contributed by atoms with van der Waals surface area (Å²) in [7, 11) is 0. The Labute approximate surface area is 136 Å². The van der Waals surface area contributed by atoms with Gasteiger partial charge in [-0.05, 0) is 44.2 Å². The Morgan fingerprint density at radius 3 is 2.78 bits per heavy atom. The molecule has 3 nitrogen and oxygen atoms in total. The fraction of sp³-hybridized carbons (Fsp3) is 0.611. The molecule has 0 aromatic heterocycles. The summed E-state index contributed by atoms with van der Waals surface area (Å²) in [5.41, 5.74) is 1.17. The molecule has 1 N–H and O–H groups in total. The van der Waals surface area contributed by atoms with Gasteiger partial charge >= 0.3 is 0 Å². The highest BCUT2D eigenvalue weighted by Gasteiger charge is 2.36. The first-order valence-corrected chi connectivity index (χ1v) is 8.29. The van der Waals surface area contributed by atoms with E-state index < -0.39 is 5.92 Å². The van der Waals surface area contributed by atoms with Crippen molar-refractivity contribution in [3.8, 4) is 5.75 Å². The average molecular weight is 325 g/mol. The number of rotatable bonds is 7. The van der Waals surface area contributed by atoms with E-state index >= 15 is 0 Å². The molecule has 1 aliphatic rings. The van der Waals surface area contributed by atoms with Crippen molar-refractivity contribution >= 4 is 5.91 Å². The molecule has 1 aliphatic carbocycles. The highest BCUT2D eigenvalue weighted by Crippen LogP contribution is 2.36. The van der Waals surface area contributed by atoms with Crippen LogP contribution in [0.25, 0.3) is 0 Å². The van der Waals surface area contributed by atoms with Gasteiger partial charge in [-0.1, -0.05) is 17.7 Å². The lowest BCUT2D eigenvalue weighted by molar-refractivity contribution is -0.122. The van der Waals surface area contributed by atoms with E-state index in [2.05, 4.69) is 5.32 Å². The molecule has 1 aromatic rings. The molecular weight excluding hydrogens is 300 g/mol. The zero-order valence-corrected chi connectivity index (χ0v) is 13.6. The van der Waals surface area contributed by atoms with Crippen LogP contribution < -0.4 is 10.1 Å². The first kappa shape index (κ1) is 17.7. The number of halogens is 2. The number of hydrogen-bond donors (Lipinski definition) is 1. The van der Waals surface area contributed by atoms with Crippen molar-refractivity contribution in [3.05, 3.63) is 29.8 Å². The molecular formula is C18H25F2NO2. The molecule has 23 heavy (non-hydrogen) atoms. The Morgan fingerprint density at radius 2 is 2.09 bits per heavy atom. The number of hydrogen-bond acceptors (Lipinski definition) is 2. The second-order valence-corrected chi connectivity index (χ2v) is 6.39. The number of carbonyl (C=O) groups is 1. The molecule has 1 amide bonds. The second kappa shape index (κ2) is 8.27. The van der Waals surface area contributed by atoms with E-state index in [0.717, 1.165) is 12.2 Å². The van der Waals surface area contributed by atoms with Crippen molar-refractivity contribution in [1.82, 2.24) is 5.32 Å². The maximum absolute atomic E-state index is 13.3. The quantitative estimate of drug-likeness (QED) is 0.767. The summed E-state index contributed by atoms with van der Waals surface area (Å²) < 4.78 is 32.1. The largest absolute Gasteiger partial charge is 0.494 e. The van der Waals surface area contributed by atoms with E-state index in [1.165, 1.54) is 5.56 Å². The zero-order valence-electron chi connectivity index (χ0n) is 13.6. The summed E-state index contributed by atoms with van der Waals surface area (Å²) in [6.07, 6.45) is 2.15. The third-order valence-electron chi connectivity index (χ3n) is 4.17. The number of benzene rings is 1. The summed E-state index contributed by atoms with van der Waals surface area (Å²) in [6.45, 7) is 2.83. The van der Waals surface area contributed by atoms with Crippen LogP contribution in [-0.4, -0.2) is 25.0 Å². The van der Waals surface area contributed by atoms with E-state index in [9.17, 15) is 13.6 Å². The monoisotopic (exact) mass is 325 g/mol. The van der Waals surface area contributed by atoms with Gasteiger partial charge < -0.3 is 10.1 Å². The lowest BCUT2D eigenvalue weighted by Crippen LogP contribution is -2.35. The molecule has 1 saturated carbocycles. The lowest BCUT2D eigenvalue weighted by Gasteiger charge is -2.28. The number of amides is 1. The van der Waals surface area contributed by atoms with Gasteiger partial charge in [0.25, 0.3) is 0 Å². The van der Waals surface area contributed by atoms with Gasteiger partial charge in [0.15, 0.2) is 0 Å². The van der Waals surface area contributed by atoms with Crippen LogP contribution in [0.4, 0.5) is 8.78 Å². The summed E-state index contributed by atoms with van der Waals surface area (Å²) >= 11 is 0. The van der Waals surface area contributed by atoms with Gasteiger partial charge in [0, 0.05) is 25.8 Å². The van der Waals surface area contributed by atoms with Gasteiger partial charge in [0.2, 0.25) is 11.8 Å². The highest BCUT2D eigenvalue weighted by molar-refractivity contribution is 5.75. The van der Waals surface area contributed by atoms with Gasteiger partial charge in [-0.25, -0.2) is 8.78 Å². The van der Waals surface area contributed by atoms with Crippen LogP contribution in [0, 0.1) is 12.8 Å². The van der Waals surface area contributed by atoms with Crippen LogP contribution in [0.5, 0.6) is 5.75 Å². The van der Waals surface area contributed by atoms with Crippen LogP contribution in [0.15, 0.2) is 24.3 Å². The second-order valence-electron chi connectivity index (χ2n) is 6.39. The topological polar surface area (TPSA) is 38.3 Å². The number of aryl methyl sites for hydroxylation is 1. The first-order chi connectivity index (χ1) is 10.9. The molecule has 128 valence electrons. The normalized spacial score (nSPS) is 20.0. The standard InChI is InChI=1S/C18H25F2NO2/c1-14-6-8-16(9-7-14)23-11-3-5-17(22)21-13-15-4-2-10-18(19,20)12-15/h6-9,15H,2-5,10-13H2,1H3,(H,21,22)/t15-/m1/s1. The minimum absolute atomic E-state index is 0.0200. The minimum Gasteiger partial charge on any atom is -0.494 e. The Morgan fingerprint density at radius 1 is 1.35 bits per heavy atom. The molecule has 0 radical (unpaired) electrons. The van der Waals surface area contributed by atoms with Gasteiger partial charge in [-0.2, -0.15) is 0 Å². The maximum Gasteiger partial charge on any atom is 0.248 e. The predicted octanol–water partition coefficient (Wildman–Crippen LogP) is 4.10. The van der Waals surface area contributed by atoms with Crippen LogP contribution in [0.3, 0.4) is 0 Å². The molecule has 0 heterocycles. The first-order valence-electron chi connectivity index (χ1n) is 8.29. The van der Waals surface area contributed by atoms with Crippen molar-refractivity contribution < 1.29 is 18.3 Å². The highest BCUT2D eigenvalue weighted by atomic mass is 19.3. The molecule has 1 fully saturated rings. The number of alkyl halides is 2. The smallest absolute Gasteiger partial charge is 0.248 e. The maximum atomic E-state index is 13.3. The van der Waals surface area contributed by atoms with Crippen molar-refractivity contribution in [1.29, 1.82) is 0 Å². The number of ether oxygens (including phenoxy) is 1. The summed E-state index contributed by atoms with van der Waals surface area (Å²) in [5, 5.41) is 2.77. The average Bonchev–Trinajstić information content (AvgIpc) is 2.50. The van der Waals surface area contributed by atoms with E-state index in [4.69, 9.17) is 4.74 Å². The van der Waals surface area contributed by atoms with Crippen LogP contribution in [-0.2, 0) is 4.79 Å². The third-order valence-corrected chi connectivity index (χ3v) is 4.17. The lowest BCUT2D eigenvalue weighted by atomic mass is 9.86. The Balaban J connectivity index is 1.57. The van der Waals surface area contributed by atoms with Crippen molar-refractivity contribution in [2.75, 3.05) is 13.2 Å². The van der Waals surface area contributed by atoms with E-state index in [1.54, 1.807) is 0 Å². The molecule has 2 rings (SSSR count). The Kier molecular flexibility index (Phi) is 6.37.